The van der Waals surface area contributed by atoms with Crippen LogP contribution in [0.2, 0.25) is 0 Å². The maximum atomic E-state index is 4.94. The van der Waals surface area contributed by atoms with Crippen molar-refractivity contribution >= 4 is 45.8 Å². The van der Waals surface area contributed by atoms with Gasteiger partial charge in [-0.1, -0.05) is 91.0 Å². The number of hydrogen-bond acceptors (Lipinski definition) is 3. The lowest BCUT2D eigenvalue weighted by Crippen LogP contribution is -2.30. The monoisotopic (exact) mass is 451 g/mol. The SMILES string of the molecule is C(=C\c1ccc2ccccc2c1)/c1cccc(N2CC(Cc3ccccc3)=Nc3cccnc32)c1. The zero-order chi connectivity index (χ0) is 23.5. The van der Waals surface area contributed by atoms with Gasteiger partial charge < -0.3 is 4.90 Å². The predicted molar refractivity (Wildman–Crippen MR) is 148 cm³/mol. The van der Waals surface area contributed by atoms with E-state index < -0.39 is 0 Å². The Hall–Kier alpha value is -4.50. The molecule has 1 aliphatic rings. The van der Waals surface area contributed by atoms with Crippen molar-refractivity contribution < 1.29 is 0 Å². The Morgan fingerprint density at radius 3 is 2.37 bits per heavy atom. The lowest BCUT2D eigenvalue weighted by atomic mass is 10.0. The van der Waals surface area contributed by atoms with Gasteiger partial charge in [-0.25, -0.2) is 4.98 Å². The number of anilines is 2. The molecule has 0 radical (unpaired) electrons. The van der Waals surface area contributed by atoms with Gasteiger partial charge in [0.1, 0.15) is 5.69 Å². The molecular weight excluding hydrogens is 426 g/mol. The number of rotatable bonds is 5. The third-order valence-corrected chi connectivity index (χ3v) is 6.32. The number of pyridine rings is 1. The lowest BCUT2D eigenvalue weighted by molar-refractivity contribution is 1.02. The number of fused-ring (bicyclic) bond motifs is 2. The first-order valence-electron chi connectivity index (χ1n) is 11.9. The van der Waals surface area contributed by atoms with Gasteiger partial charge in [-0.15, -0.1) is 0 Å². The number of hydrogen-bond donors (Lipinski definition) is 0. The van der Waals surface area contributed by atoms with Gasteiger partial charge >= 0.3 is 0 Å². The van der Waals surface area contributed by atoms with Crippen molar-refractivity contribution in [3.63, 3.8) is 0 Å². The summed E-state index contributed by atoms with van der Waals surface area (Å²) in [5.41, 5.74) is 6.78. The first kappa shape index (κ1) is 21.1. The highest BCUT2D eigenvalue weighted by Gasteiger charge is 2.22. The fourth-order valence-corrected chi connectivity index (χ4v) is 4.59. The molecule has 0 aliphatic carbocycles. The summed E-state index contributed by atoms with van der Waals surface area (Å²) in [7, 11) is 0. The zero-order valence-corrected chi connectivity index (χ0v) is 19.4. The van der Waals surface area contributed by atoms with E-state index in [1.165, 1.54) is 21.9 Å². The Bertz CT molecular complexity index is 1550. The van der Waals surface area contributed by atoms with Crippen LogP contribution in [0.5, 0.6) is 0 Å². The summed E-state index contributed by atoms with van der Waals surface area (Å²) in [6.07, 6.45) is 7.02. The van der Waals surface area contributed by atoms with E-state index in [0.717, 1.165) is 41.4 Å². The van der Waals surface area contributed by atoms with Gasteiger partial charge in [0.05, 0.1) is 6.54 Å². The molecule has 168 valence electrons. The van der Waals surface area contributed by atoms with Crippen molar-refractivity contribution in [3.8, 4) is 0 Å². The number of aromatic nitrogens is 1. The smallest absolute Gasteiger partial charge is 0.159 e. The molecule has 0 saturated carbocycles. The van der Waals surface area contributed by atoms with Gasteiger partial charge in [0, 0.05) is 24.0 Å². The maximum Gasteiger partial charge on any atom is 0.159 e. The number of benzene rings is 4. The largest absolute Gasteiger partial charge is 0.319 e. The molecule has 0 spiro atoms. The minimum absolute atomic E-state index is 0.719. The normalized spacial score (nSPS) is 13.1. The molecule has 3 heteroatoms. The molecule has 1 aromatic heterocycles. The van der Waals surface area contributed by atoms with Gasteiger partial charge in [-0.05, 0) is 57.8 Å². The standard InChI is InChI=1S/C32H25N3/c1-2-8-24(9-3-1)21-29-23-35(32-31(34-29)14-7-19-33-32)30-13-6-10-25(22-30)15-16-26-17-18-27-11-4-5-12-28(27)20-26/h1-20,22H,21,23H2/b16-15+. The fourth-order valence-electron chi connectivity index (χ4n) is 4.59. The Morgan fingerprint density at radius 2 is 1.49 bits per heavy atom. The van der Waals surface area contributed by atoms with Crippen molar-refractivity contribution in [2.75, 3.05) is 11.4 Å². The molecule has 6 rings (SSSR count). The van der Waals surface area contributed by atoms with Crippen LogP contribution in [0.4, 0.5) is 17.2 Å². The molecule has 0 unspecified atom stereocenters. The van der Waals surface area contributed by atoms with Crippen molar-refractivity contribution in [2.24, 2.45) is 4.99 Å². The van der Waals surface area contributed by atoms with Crippen LogP contribution in [0, 0.1) is 0 Å². The van der Waals surface area contributed by atoms with E-state index in [1.54, 1.807) is 0 Å². The van der Waals surface area contributed by atoms with Crippen molar-refractivity contribution in [1.29, 1.82) is 0 Å². The zero-order valence-electron chi connectivity index (χ0n) is 19.4. The summed E-state index contributed by atoms with van der Waals surface area (Å²) < 4.78 is 0. The van der Waals surface area contributed by atoms with Gasteiger partial charge in [-0.3, -0.25) is 4.99 Å². The summed E-state index contributed by atoms with van der Waals surface area (Å²) in [6, 6.07) is 38.2. The molecule has 0 N–H and O–H groups in total. The highest BCUT2D eigenvalue weighted by molar-refractivity contribution is 5.98. The van der Waals surface area contributed by atoms with E-state index in [4.69, 9.17) is 4.99 Å². The fraction of sp³-hybridized carbons (Fsp3) is 0.0625. The van der Waals surface area contributed by atoms with Crippen molar-refractivity contribution in [1.82, 2.24) is 4.98 Å². The van der Waals surface area contributed by atoms with E-state index in [1.807, 2.05) is 18.3 Å². The van der Waals surface area contributed by atoms with Crippen LogP contribution < -0.4 is 4.90 Å². The molecule has 35 heavy (non-hydrogen) atoms. The first-order chi connectivity index (χ1) is 17.3. The third kappa shape index (κ3) is 4.62. The van der Waals surface area contributed by atoms with E-state index in [2.05, 4.69) is 119 Å². The Balaban J connectivity index is 1.29. The topological polar surface area (TPSA) is 28.5 Å². The van der Waals surface area contributed by atoms with Gasteiger partial charge in [-0.2, -0.15) is 0 Å². The molecule has 5 aromatic rings. The average Bonchev–Trinajstić information content (AvgIpc) is 2.92. The lowest BCUT2D eigenvalue weighted by Gasteiger charge is -2.29. The van der Waals surface area contributed by atoms with Crippen LogP contribution in [0.1, 0.15) is 16.7 Å². The Morgan fingerprint density at radius 1 is 0.686 bits per heavy atom. The number of nitrogens with zero attached hydrogens (tertiary/aromatic N) is 3. The highest BCUT2D eigenvalue weighted by Crippen LogP contribution is 2.36. The molecule has 0 atom stereocenters. The van der Waals surface area contributed by atoms with Crippen molar-refractivity contribution in [3.05, 3.63) is 132 Å². The summed E-state index contributed by atoms with van der Waals surface area (Å²) >= 11 is 0. The van der Waals surface area contributed by atoms with E-state index >= 15 is 0 Å². The van der Waals surface area contributed by atoms with Crippen LogP contribution >= 0.6 is 0 Å². The average molecular weight is 452 g/mol. The van der Waals surface area contributed by atoms with E-state index in [0.29, 0.717) is 0 Å². The summed E-state index contributed by atoms with van der Waals surface area (Å²) in [6.45, 7) is 0.719. The van der Waals surface area contributed by atoms with Crippen LogP contribution in [0.3, 0.4) is 0 Å². The minimum Gasteiger partial charge on any atom is -0.319 e. The van der Waals surface area contributed by atoms with Crippen LogP contribution in [0.15, 0.2) is 120 Å². The summed E-state index contributed by atoms with van der Waals surface area (Å²) in [4.78, 5) is 11.9. The molecule has 0 saturated heterocycles. The second-order valence-corrected chi connectivity index (χ2v) is 8.81. The molecule has 1 aliphatic heterocycles. The second-order valence-electron chi connectivity index (χ2n) is 8.81. The molecule has 4 aromatic carbocycles. The van der Waals surface area contributed by atoms with Gasteiger partial charge in [0.2, 0.25) is 0 Å². The predicted octanol–water partition coefficient (Wildman–Crippen LogP) is 7.87. The maximum absolute atomic E-state index is 4.94. The van der Waals surface area contributed by atoms with Crippen LogP contribution in [0.25, 0.3) is 22.9 Å². The van der Waals surface area contributed by atoms with Crippen LogP contribution in [-0.2, 0) is 6.42 Å². The summed E-state index contributed by atoms with van der Waals surface area (Å²) in [5, 5.41) is 2.51. The molecule has 2 heterocycles. The molecule has 3 nitrogen and oxygen atoms in total. The molecule has 0 amide bonds. The Kier molecular flexibility index (Phi) is 5.65. The van der Waals surface area contributed by atoms with Crippen LogP contribution in [-0.4, -0.2) is 17.2 Å². The summed E-state index contributed by atoms with van der Waals surface area (Å²) in [5.74, 6) is 0.903. The Labute approximate surface area is 205 Å². The quantitative estimate of drug-likeness (QED) is 0.254. The minimum atomic E-state index is 0.719. The van der Waals surface area contributed by atoms with Gasteiger partial charge in [0.25, 0.3) is 0 Å². The van der Waals surface area contributed by atoms with E-state index in [-0.39, 0.29) is 0 Å². The second kappa shape index (κ2) is 9.40. The van der Waals surface area contributed by atoms with Gasteiger partial charge in [0.15, 0.2) is 5.82 Å². The molecular formula is C32H25N3. The van der Waals surface area contributed by atoms with E-state index in [9.17, 15) is 0 Å². The first-order valence-corrected chi connectivity index (χ1v) is 11.9. The molecule has 0 fully saturated rings. The van der Waals surface area contributed by atoms with Crippen molar-refractivity contribution in [2.45, 2.75) is 6.42 Å². The third-order valence-electron chi connectivity index (χ3n) is 6.32. The molecule has 0 bridgehead atoms. The highest BCUT2D eigenvalue weighted by atomic mass is 15.2. The number of aliphatic imine (C=N–C) groups is 1.